The number of amides is 1. The third-order valence-electron chi connectivity index (χ3n) is 3.15. The zero-order chi connectivity index (χ0) is 11.7. The van der Waals surface area contributed by atoms with Crippen LogP contribution in [-0.2, 0) is 0 Å². The first-order valence-corrected chi connectivity index (χ1v) is 5.82. The number of hydrogen-bond acceptors (Lipinski definition) is 2. The molecule has 2 N–H and O–H groups in total. The number of carbonyl (C=O) groups is 1. The maximum absolute atomic E-state index is 12.2. The van der Waals surface area contributed by atoms with Crippen LogP contribution in [0, 0.1) is 0 Å². The normalized spacial score (nSPS) is 19.8. The maximum Gasteiger partial charge on any atom is 0.256 e. The zero-order valence-electron chi connectivity index (χ0n) is 9.86. The number of anilines is 1. The first kappa shape index (κ1) is 11.0. The summed E-state index contributed by atoms with van der Waals surface area (Å²) in [6.45, 7) is 5.86. The number of nitrogens with two attached hydrogens (primary N) is 1. The minimum absolute atomic E-state index is 0.0908. The highest BCUT2D eigenvalue weighted by Gasteiger charge is 2.29. The molecule has 1 atom stereocenters. The van der Waals surface area contributed by atoms with Crippen molar-refractivity contribution in [3.63, 3.8) is 0 Å². The molecular formula is C13H18N2O. The fraction of sp³-hybridized carbons (Fsp3) is 0.462. The Balaban J connectivity index is 2.44. The Kier molecular flexibility index (Phi) is 2.86. The predicted molar refractivity (Wildman–Crippen MR) is 65.5 cm³/mol. The van der Waals surface area contributed by atoms with Crippen molar-refractivity contribution in [3.8, 4) is 0 Å². The molecule has 1 heterocycles. The van der Waals surface area contributed by atoms with Crippen molar-refractivity contribution in [1.29, 1.82) is 0 Å². The molecule has 0 bridgehead atoms. The molecule has 2 rings (SSSR count). The standard InChI is InChI=1S/C13H18N2O/c1-3-7-15-8-9(2)10-5-4-6-11(14)12(10)13(15)16/h4-6,9H,3,7-8,14H2,1-2H3. The monoisotopic (exact) mass is 218 g/mol. The van der Waals surface area contributed by atoms with E-state index in [1.807, 2.05) is 17.0 Å². The van der Waals surface area contributed by atoms with E-state index in [4.69, 9.17) is 5.73 Å². The lowest BCUT2D eigenvalue weighted by atomic mass is 9.89. The molecule has 1 aromatic carbocycles. The highest BCUT2D eigenvalue weighted by atomic mass is 16.2. The Morgan fingerprint density at radius 3 is 2.94 bits per heavy atom. The molecule has 0 saturated heterocycles. The van der Waals surface area contributed by atoms with Gasteiger partial charge in [-0.1, -0.05) is 26.0 Å². The second-order valence-electron chi connectivity index (χ2n) is 4.46. The summed E-state index contributed by atoms with van der Waals surface area (Å²) in [6.07, 6.45) is 0.987. The van der Waals surface area contributed by atoms with Crippen molar-refractivity contribution in [3.05, 3.63) is 29.3 Å². The summed E-state index contributed by atoms with van der Waals surface area (Å²) in [6, 6.07) is 5.74. The van der Waals surface area contributed by atoms with Gasteiger partial charge in [0.15, 0.2) is 0 Å². The molecule has 0 saturated carbocycles. The largest absolute Gasteiger partial charge is 0.398 e. The Morgan fingerprint density at radius 2 is 2.25 bits per heavy atom. The molecule has 0 aliphatic carbocycles. The molecule has 0 spiro atoms. The minimum Gasteiger partial charge on any atom is -0.398 e. The predicted octanol–water partition coefficient (Wildman–Crippen LogP) is 2.24. The fourth-order valence-electron chi connectivity index (χ4n) is 2.38. The fourth-order valence-corrected chi connectivity index (χ4v) is 2.38. The molecule has 0 fully saturated rings. The van der Waals surface area contributed by atoms with Crippen LogP contribution in [0.25, 0.3) is 0 Å². The van der Waals surface area contributed by atoms with Gasteiger partial charge in [-0.2, -0.15) is 0 Å². The van der Waals surface area contributed by atoms with E-state index in [2.05, 4.69) is 13.8 Å². The Bertz CT molecular complexity index is 414. The van der Waals surface area contributed by atoms with Gasteiger partial charge in [-0.05, 0) is 24.0 Å². The van der Waals surface area contributed by atoms with Crippen LogP contribution in [0.3, 0.4) is 0 Å². The summed E-state index contributed by atoms with van der Waals surface area (Å²) in [5.41, 5.74) is 8.32. The second-order valence-corrected chi connectivity index (χ2v) is 4.46. The topological polar surface area (TPSA) is 46.3 Å². The molecule has 16 heavy (non-hydrogen) atoms. The zero-order valence-corrected chi connectivity index (χ0v) is 9.86. The number of fused-ring (bicyclic) bond motifs is 1. The van der Waals surface area contributed by atoms with Gasteiger partial charge in [0.2, 0.25) is 0 Å². The van der Waals surface area contributed by atoms with Crippen LogP contribution in [0.1, 0.15) is 42.1 Å². The molecule has 1 amide bonds. The van der Waals surface area contributed by atoms with Crippen LogP contribution in [0.5, 0.6) is 0 Å². The number of hydrogen-bond donors (Lipinski definition) is 1. The molecular weight excluding hydrogens is 200 g/mol. The Labute approximate surface area is 96.2 Å². The maximum atomic E-state index is 12.2. The number of nitrogen functional groups attached to an aromatic ring is 1. The summed E-state index contributed by atoms with van der Waals surface area (Å²) in [7, 11) is 0. The van der Waals surface area contributed by atoms with Gasteiger partial charge in [0.25, 0.3) is 5.91 Å². The van der Waals surface area contributed by atoms with E-state index in [1.165, 1.54) is 0 Å². The van der Waals surface area contributed by atoms with E-state index in [-0.39, 0.29) is 5.91 Å². The van der Waals surface area contributed by atoms with Crippen LogP contribution in [0.15, 0.2) is 18.2 Å². The number of carbonyl (C=O) groups excluding carboxylic acids is 1. The van der Waals surface area contributed by atoms with Crippen LogP contribution >= 0.6 is 0 Å². The van der Waals surface area contributed by atoms with Gasteiger partial charge in [0, 0.05) is 18.8 Å². The quantitative estimate of drug-likeness (QED) is 0.774. The van der Waals surface area contributed by atoms with Crippen LogP contribution in [0.4, 0.5) is 5.69 Å². The summed E-state index contributed by atoms with van der Waals surface area (Å²) < 4.78 is 0. The summed E-state index contributed by atoms with van der Waals surface area (Å²) in [4.78, 5) is 14.1. The van der Waals surface area contributed by atoms with E-state index in [9.17, 15) is 4.79 Å². The second kappa shape index (κ2) is 4.16. The van der Waals surface area contributed by atoms with Gasteiger partial charge in [-0.3, -0.25) is 4.79 Å². The first-order valence-electron chi connectivity index (χ1n) is 5.82. The average molecular weight is 218 g/mol. The van der Waals surface area contributed by atoms with Crippen molar-refractivity contribution in [2.24, 2.45) is 0 Å². The highest BCUT2D eigenvalue weighted by Crippen LogP contribution is 2.31. The van der Waals surface area contributed by atoms with Crippen molar-refractivity contribution in [2.45, 2.75) is 26.2 Å². The van der Waals surface area contributed by atoms with Crippen molar-refractivity contribution in [1.82, 2.24) is 4.90 Å². The number of benzene rings is 1. The van der Waals surface area contributed by atoms with Crippen LogP contribution < -0.4 is 5.73 Å². The molecule has 1 unspecified atom stereocenters. The minimum atomic E-state index is 0.0908. The van der Waals surface area contributed by atoms with E-state index in [1.54, 1.807) is 6.07 Å². The summed E-state index contributed by atoms with van der Waals surface area (Å²) >= 11 is 0. The molecule has 1 aliphatic rings. The van der Waals surface area contributed by atoms with Gasteiger partial charge in [0.1, 0.15) is 0 Å². The molecule has 86 valence electrons. The molecule has 3 heteroatoms. The summed E-state index contributed by atoms with van der Waals surface area (Å²) in [5.74, 6) is 0.468. The van der Waals surface area contributed by atoms with Gasteiger partial charge >= 0.3 is 0 Å². The van der Waals surface area contributed by atoms with E-state index in [0.717, 1.165) is 30.6 Å². The van der Waals surface area contributed by atoms with Gasteiger partial charge < -0.3 is 10.6 Å². The van der Waals surface area contributed by atoms with E-state index >= 15 is 0 Å². The molecule has 3 nitrogen and oxygen atoms in total. The lowest BCUT2D eigenvalue weighted by Gasteiger charge is -2.33. The highest BCUT2D eigenvalue weighted by molar-refractivity contribution is 6.01. The van der Waals surface area contributed by atoms with Crippen molar-refractivity contribution >= 4 is 11.6 Å². The molecule has 0 aromatic heterocycles. The number of rotatable bonds is 2. The van der Waals surface area contributed by atoms with Crippen LogP contribution in [0.2, 0.25) is 0 Å². The van der Waals surface area contributed by atoms with E-state index in [0.29, 0.717) is 11.6 Å². The summed E-state index contributed by atoms with van der Waals surface area (Å²) in [5, 5.41) is 0. The smallest absolute Gasteiger partial charge is 0.256 e. The third-order valence-corrected chi connectivity index (χ3v) is 3.15. The lowest BCUT2D eigenvalue weighted by Crippen LogP contribution is -2.40. The SMILES string of the molecule is CCCN1CC(C)c2cccc(N)c2C1=O. The van der Waals surface area contributed by atoms with E-state index < -0.39 is 0 Å². The average Bonchev–Trinajstić information content (AvgIpc) is 2.25. The molecule has 1 aliphatic heterocycles. The van der Waals surface area contributed by atoms with Gasteiger partial charge in [0.05, 0.1) is 5.56 Å². The Hall–Kier alpha value is -1.51. The molecule has 0 radical (unpaired) electrons. The van der Waals surface area contributed by atoms with Gasteiger partial charge in [-0.25, -0.2) is 0 Å². The van der Waals surface area contributed by atoms with Crippen molar-refractivity contribution in [2.75, 3.05) is 18.8 Å². The first-order chi connectivity index (χ1) is 7.65. The third kappa shape index (κ3) is 1.66. The van der Waals surface area contributed by atoms with Crippen molar-refractivity contribution < 1.29 is 4.79 Å². The van der Waals surface area contributed by atoms with Gasteiger partial charge in [-0.15, -0.1) is 0 Å². The molecule has 1 aromatic rings. The lowest BCUT2D eigenvalue weighted by molar-refractivity contribution is 0.0726. The number of nitrogens with zero attached hydrogens (tertiary/aromatic N) is 1. The Morgan fingerprint density at radius 1 is 1.50 bits per heavy atom. The van der Waals surface area contributed by atoms with Crippen LogP contribution in [-0.4, -0.2) is 23.9 Å².